The summed E-state index contributed by atoms with van der Waals surface area (Å²) in [5, 5.41) is 12.7. The molecule has 1 aromatic carbocycles. The Morgan fingerprint density at radius 2 is 2.05 bits per heavy atom. The van der Waals surface area contributed by atoms with E-state index in [4.69, 9.17) is 0 Å². The SMILES string of the molecule is CC(C)C(O)CC(=O)N1CCNC(=O)C1c1ccccc1. The van der Waals surface area contributed by atoms with Gasteiger partial charge in [0.05, 0.1) is 12.5 Å². The summed E-state index contributed by atoms with van der Waals surface area (Å²) in [6.45, 7) is 4.66. The third-order valence-electron chi connectivity index (χ3n) is 3.80. The number of benzene rings is 1. The molecule has 0 aromatic heterocycles. The van der Waals surface area contributed by atoms with Crippen LogP contribution in [0.3, 0.4) is 0 Å². The van der Waals surface area contributed by atoms with Crippen molar-refractivity contribution in [3.8, 4) is 0 Å². The topological polar surface area (TPSA) is 69.6 Å². The lowest BCUT2D eigenvalue weighted by Gasteiger charge is -2.36. The highest BCUT2D eigenvalue weighted by molar-refractivity contribution is 5.89. The standard InChI is InChI=1S/C16H22N2O3/c1-11(2)13(19)10-14(20)18-9-8-17-16(21)15(18)12-6-4-3-5-7-12/h3-7,11,13,15,19H,8-10H2,1-2H3,(H,17,21). The summed E-state index contributed by atoms with van der Waals surface area (Å²) < 4.78 is 0. The summed E-state index contributed by atoms with van der Waals surface area (Å²) >= 11 is 0. The fraction of sp³-hybridized carbons (Fsp3) is 0.500. The van der Waals surface area contributed by atoms with Crippen LogP contribution in [0.5, 0.6) is 0 Å². The summed E-state index contributed by atoms with van der Waals surface area (Å²) in [6.07, 6.45) is -0.632. The van der Waals surface area contributed by atoms with E-state index in [-0.39, 0.29) is 24.2 Å². The van der Waals surface area contributed by atoms with Gasteiger partial charge >= 0.3 is 0 Å². The van der Waals surface area contributed by atoms with Gasteiger partial charge in [0.15, 0.2) is 0 Å². The molecule has 5 heteroatoms. The quantitative estimate of drug-likeness (QED) is 0.872. The number of aliphatic hydroxyl groups excluding tert-OH is 1. The molecule has 0 saturated carbocycles. The Labute approximate surface area is 125 Å². The average Bonchev–Trinajstić information content (AvgIpc) is 2.47. The van der Waals surface area contributed by atoms with E-state index in [1.165, 1.54) is 0 Å². The Morgan fingerprint density at radius 3 is 2.67 bits per heavy atom. The fourth-order valence-electron chi connectivity index (χ4n) is 2.43. The molecule has 2 rings (SSSR count). The fourth-order valence-corrected chi connectivity index (χ4v) is 2.43. The van der Waals surface area contributed by atoms with E-state index in [0.29, 0.717) is 13.1 Å². The van der Waals surface area contributed by atoms with E-state index >= 15 is 0 Å². The van der Waals surface area contributed by atoms with Gasteiger partial charge in [0.2, 0.25) is 11.8 Å². The Bertz CT molecular complexity index is 502. The van der Waals surface area contributed by atoms with Crippen LogP contribution in [-0.4, -0.2) is 41.0 Å². The van der Waals surface area contributed by atoms with Crippen molar-refractivity contribution in [2.24, 2.45) is 5.92 Å². The number of piperazine rings is 1. The Balaban J connectivity index is 2.19. The first-order valence-corrected chi connectivity index (χ1v) is 7.31. The van der Waals surface area contributed by atoms with Gasteiger partial charge in [-0.1, -0.05) is 44.2 Å². The Hall–Kier alpha value is -1.88. The minimum Gasteiger partial charge on any atom is -0.392 e. The molecule has 5 nitrogen and oxygen atoms in total. The minimum absolute atomic E-state index is 0.0164. The molecule has 0 spiro atoms. The van der Waals surface area contributed by atoms with Crippen molar-refractivity contribution < 1.29 is 14.7 Å². The van der Waals surface area contributed by atoms with E-state index in [1.54, 1.807) is 4.90 Å². The van der Waals surface area contributed by atoms with Gasteiger partial charge in [-0.05, 0) is 11.5 Å². The lowest BCUT2D eigenvalue weighted by molar-refractivity contribution is -0.145. The zero-order valence-corrected chi connectivity index (χ0v) is 12.5. The summed E-state index contributed by atoms with van der Waals surface area (Å²) in [4.78, 5) is 26.2. The Morgan fingerprint density at radius 1 is 1.38 bits per heavy atom. The second kappa shape index (κ2) is 6.72. The first kappa shape index (κ1) is 15.5. The maximum Gasteiger partial charge on any atom is 0.247 e. The van der Waals surface area contributed by atoms with Crippen LogP contribution < -0.4 is 5.32 Å². The first-order chi connectivity index (χ1) is 10.0. The highest BCUT2D eigenvalue weighted by Gasteiger charge is 2.34. The number of nitrogens with one attached hydrogen (secondary N) is 1. The predicted octanol–water partition coefficient (Wildman–Crippen LogP) is 1.09. The van der Waals surface area contributed by atoms with Crippen LogP contribution >= 0.6 is 0 Å². The normalized spacial score (nSPS) is 20.3. The van der Waals surface area contributed by atoms with E-state index in [0.717, 1.165) is 5.56 Å². The van der Waals surface area contributed by atoms with Crippen LogP contribution in [0.1, 0.15) is 31.9 Å². The molecule has 1 saturated heterocycles. The van der Waals surface area contributed by atoms with Gasteiger partial charge in [-0.2, -0.15) is 0 Å². The molecule has 0 aliphatic carbocycles. The number of nitrogens with zero attached hydrogens (tertiary/aromatic N) is 1. The van der Waals surface area contributed by atoms with Crippen molar-refractivity contribution >= 4 is 11.8 Å². The molecule has 2 unspecified atom stereocenters. The number of rotatable bonds is 4. The van der Waals surface area contributed by atoms with Gasteiger partial charge in [-0.25, -0.2) is 0 Å². The van der Waals surface area contributed by atoms with Crippen molar-refractivity contribution in [1.29, 1.82) is 0 Å². The molecule has 1 heterocycles. The number of amides is 2. The zero-order valence-electron chi connectivity index (χ0n) is 12.5. The van der Waals surface area contributed by atoms with Gasteiger partial charge < -0.3 is 15.3 Å². The third kappa shape index (κ3) is 3.61. The third-order valence-corrected chi connectivity index (χ3v) is 3.80. The van der Waals surface area contributed by atoms with Crippen LogP contribution in [0.4, 0.5) is 0 Å². The molecular weight excluding hydrogens is 268 g/mol. The van der Waals surface area contributed by atoms with Crippen LogP contribution in [0.15, 0.2) is 30.3 Å². The molecule has 21 heavy (non-hydrogen) atoms. The van der Waals surface area contributed by atoms with Crippen molar-refractivity contribution in [1.82, 2.24) is 10.2 Å². The van der Waals surface area contributed by atoms with Gasteiger partial charge in [-0.3, -0.25) is 9.59 Å². The van der Waals surface area contributed by atoms with Crippen molar-refractivity contribution in [3.05, 3.63) is 35.9 Å². The molecule has 1 aliphatic heterocycles. The summed E-state index contributed by atoms with van der Waals surface area (Å²) in [5.41, 5.74) is 0.794. The minimum atomic E-state index is -0.682. The van der Waals surface area contributed by atoms with Gasteiger partial charge in [0.1, 0.15) is 6.04 Å². The van der Waals surface area contributed by atoms with E-state index in [9.17, 15) is 14.7 Å². The van der Waals surface area contributed by atoms with E-state index in [1.807, 2.05) is 44.2 Å². The molecule has 1 aliphatic rings. The second-order valence-electron chi connectivity index (χ2n) is 5.71. The molecule has 0 bridgehead atoms. The largest absolute Gasteiger partial charge is 0.392 e. The smallest absolute Gasteiger partial charge is 0.247 e. The van der Waals surface area contributed by atoms with Crippen LogP contribution in [-0.2, 0) is 9.59 Å². The molecular formula is C16H22N2O3. The summed E-state index contributed by atoms with van der Waals surface area (Å²) in [6, 6.07) is 8.65. The van der Waals surface area contributed by atoms with Crippen molar-refractivity contribution in [3.63, 3.8) is 0 Å². The van der Waals surface area contributed by atoms with Gasteiger partial charge in [0, 0.05) is 13.1 Å². The van der Waals surface area contributed by atoms with Crippen LogP contribution in [0.25, 0.3) is 0 Å². The second-order valence-corrected chi connectivity index (χ2v) is 5.71. The molecule has 2 amide bonds. The molecule has 1 aromatic rings. The summed E-state index contributed by atoms with van der Waals surface area (Å²) in [7, 11) is 0. The van der Waals surface area contributed by atoms with Crippen LogP contribution in [0.2, 0.25) is 0 Å². The van der Waals surface area contributed by atoms with Crippen molar-refractivity contribution in [2.75, 3.05) is 13.1 Å². The van der Waals surface area contributed by atoms with Crippen molar-refractivity contribution in [2.45, 2.75) is 32.4 Å². The number of carbonyl (C=O) groups is 2. The number of carbonyl (C=O) groups excluding carboxylic acids is 2. The predicted molar refractivity (Wildman–Crippen MR) is 79.4 cm³/mol. The lowest BCUT2D eigenvalue weighted by atomic mass is 9.99. The number of aliphatic hydroxyl groups is 1. The monoisotopic (exact) mass is 290 g/mol. The van der Waals surface area contributed by atoms with Crippen LogP contribution in [0, 0.1) is 5.92 Å². The molecule has 0 radical (unpaired) electrons. The highest BCUT2D eigenvalue weighted by Crippen LogP contribution is 2.24. The molecule has 1 fully saturated rings. The molecule has 2 atom stereocenters. The average molecular weight is 290 g/mol. The number of hydrogen-bond acceptors (Lipinski definition) is 3. The summed E-state index contributed by atoms with van der Waals surface area (Å²) in [5.74, 6) is -0.331. The molecule has 2 N–H and O–H groups in total. The van der Waals surface area contributed by atoms with E-state index < -0.39 is 12.1 Å². The lowest BCUT2D eigenvalue weighted by Crippen LogP contribution is -2.52. The zero-order chi connectivity index (χ0) is 15.4. The van der Waals surface area contributed by atoms with E-state index in [2.05, 4.69) is 5.32 Å². The Kier molecular flexibility index (Phi) is 4.96. The van der Waals surface area contributed by atoms with Gasteiger partial charge in [-0.15, -0.1) is 0 Å². The maximum atomic E-state index is 12.4. The maximum absolute atomic E-state index is 12.4. The van der Waals surface area contributed by atoms with Gasteiger partial charge in [0.25, 0.3) is 0 Å². The molecule has 114 valence electrons. The first-order valence-electron chi connectivity index (χ1n) is 7.31. The number of hydrogen-bond donors (Lipinski definition) is 2. The highest BCUT2D eigenvalue weighted by atomic mass is 16.3.